The Morgan fingerprint density at radius 2 is 1.63 bits per heavy atom. The van der Waals surface area contributed by atoms with E-state index in [1.54, 1.807) is 0 Å². The summed E-state index contributed by atoms with van der Waals surface area (Å²) in [5.74, 6) is 0.164. The van der Waals surface area contributed by atoms with Crippen molar-refractivity contribution in [1.29, 1.82) is 0 Å². The van der Waals surface area contributed by atoms with E-state index in [2.05, 4.69) is 39.9 Å². The summed E-state index contributed by atoms with van der Waals surface area (Å²) in [4.78, 5) is 14.6. The highest BCUT2D eigenvalue weighted by atomic mass is 32.2. The van der Waals surface area contributed by atoms with Gasteiger partial charge in [0.2, 0.25) is 5.91 Å². The maximum atomic E-state index is 13.6. The average Bonchev–Trinajstić information content (AvgIpc) is 2.95. The fourth-order valence-corrected chi connectivity index (χ4v) is 6.89. The number of amides is 1. The van der Waals surface area contributed by atoms with Crippen LogP contribution in [0.1, 0.15) is 95.9 Å². The second kappa shape index (κ2) is 12.6. The Kier molecular flexibility index (Phi) is 9.36. The molecule has 5 rings (SSSR count). The number of thioether (sulfide) groups is 1. The molecule has 2 fully saturated rings. The normalized spacial score (nSPS) is 24.4. The van der Waals surface area contributed by atoms with Crippen LogP contribution in [-0.2, 0) is 34.6 Å². The molecule has 2 aromatic carbocycles. The maximum absolute atomic E-state index is 13.6. The van der Waals surface area contributed by atoms with Gasteiger partial charge in [-0.1, -0.05) is 46.8 Å². The van der Waals surface area contributed by atoms with E-state index in [4.69, 9.17) is 18.9 Å². The minimum atomic E-state index is -0.588. The predicted octanol–water partition coefficient (Wildman–Crippen LogP) is 7.21. The van der Waals surface area contributed by atoms with Gasteiger partial charge in [-0.2, -0.15) is 0 Å². The van der Waals surface area contributed by atoms with Crippen molar-refractivity contribution >= 4 is 23.4 Å². The van der Waals surface area contributed by atoms with Gasteiger partial charge in [-0.15, -0.1) is 11.8 Å². The van der Waals surface area contributed by atoms with E-state index in [9.17, 15) is 9.90 Å². The van der Waals surface area contributed by atoms with Crippen LogP contribution in [0.4, 0.5) is 5.69 Å². The van der Waals surface area contributed by atoms with Crippen molar-refractivity contribution in [1.82, 2.24) is 0 Å². The molecule has 0 aliphatic carbocycles. The summed E-state index contributed by atoms with van der Waals surface area (Å²) in [5, 5.41) is 14.2. The fraction of sp³-hybridized carbons (Fsp3) is 0.606. The zero-order valence-corrected chi connectivity index (χ0v) is 25.9. The number of anilines is 1. The van der Waals surface area contributed by atoms with Gasteiger partial charge in [0.25, 0.3) is 0 Å². The number of phenolic OH excluding ortho intramolecular Hbond substituents is 1. The molecule has 41 heavy (non-hydrogen) atoms. The largest absolute Gasteiger partial charge is 0.507 e. The number of ether oxygens (including phenoxy) is 4. The first-order chi connectivity index (χ1) is 19.5. The second-order valence-corrected chi connectivity index (χ2v) is 14.3. The highest BCUT2D eigenvalue weighted by Crippen LogP contribution is 2.47. The smallest absolute Gasteiger partial charge is 0.240 e. The lowest BCUT2D eigenvalue weighted by Gasteiger charge is -2.36. The van der Waals surface area contributed by atoms with Crippen LogP contribution in [0.3, 0.4) is 0 Å². The quantitative estimate of drug-likeness (QED) is 0.340. The summed E-state index contributed by atoms with van der Waals surface area (Å²) in [6.45, 7) is 12.2. The van der Waals surface area contributed by atoms with Gasteiger partial charge in [0.05, 0.1) is 12.3 Å². The lowest BCUT2D eigenvalue weighted by Crippen LogP contribution is -2.38. The first-order valence-electron chi connectivity index (χ1n) is 15.0. The molecule has 0 spiro atoms. The number of para-hydroxylation sites is 1. The molecule has 2 N–H and O–H groups in total. The summed E-state index contributed by atoms with van der Waals surface area (Å²) in [6.07, 6.45) is 4.63. The average molecular weight is 584 g/mol. The molecule has 3 aliphatic heterocycles. The number of carbonyl (C=O) groups is 1. The molecule has 7 nitrogen and oxygen atoms in total. The third-order valence-corrected chi connectivity index (χ3v) is 9.46. The van der Waals surface area contributed by atoms with Gasteiger partial charge < -0.3 is 29.4 Å². The molecule has 3 aliphatic rings. The molecule has 2 aromatic rings. The van der Waals surface area contributed by atoms with Gasteiger partial charge in [-0.3, -0.25) is 4.79 Å². The van der Waals surface area contributed by atoms with Crippen molar-refractivity contribution < 1.29 is 28.8 Å². The van der Waals surface area contributed by atoms with E-state index in [-0.39, 0.29) is 23.4 Å². The molecule has 4 unspecified atom stereocenters. The van der Waals surface area contributed by atoms with Gasteiger partial charge in [0, 0.05) is 29.1 Å². The molecular weight excluding hydrogens is 538 g/mol. The van der Waals surface area contributed by atoms with E-state index in [1.165, 1.54) is 11.8 Å². The van der Waals surface area contributed by atoms with Crippen LogP contribution in [0.5, 0.6) is 5.75 Å². The number of rotatable bonds is 8. The number of nitrogens with one attached hydrogen (secondary N) is 1. The van der Waals surface area contributed by atoms with Crippen molar-refractivity contribution in [2.75, 3.05) is 25.1 Å². The number of carbonyl (C=O) groups excluding carboxylic acids is 1. The number of aromatic hydroxyl groups is 1. The second-order valence-electron chi connectivity index (χ2n) is 13.1. The topological polar surface area (TPSA) is 86.3 Å². The summed E-state index contributed by atoms with van der Waals surface area (Å²) in [6, 6.07) is 11.9. The van der Waals surface area contributed by atoms with Crippen molar-refractivity contribution in [3.05, 3.63) is 53.1 Å². The zero-order chi connectivity index (χ0) is 29.2. The van der Waals surface area contributed by atoms with Gasteiger partial charge >= 0.3 is 0 Å². The van der Waals surface area contributed by atoms with Crippen LogP contribution in [-0.4, -0.2) is 48.7 Å². The van der Waals surface area contributed by atoms with Crippen LogP contribution in [0.2, 0.25) is 0 Å². The van der Waals surface area contributed by atoms with E-state index in [0.29, 0.717) is 19.8 Å². The molecule has 0 radical (unpaired) electrons. The molecule has 2 saturated heterocycles. The molecule has 8 heteroatoms. The summed E-state index contributed by atoms with van der Waals surface area (Å²) in [7, 11) is 0. The standard InChI is InChI=1S/C33H45NO6S/c1-32(2,3)22-18-21(19-23(28(22)35)33(4,5)20-39-26-14-8-10-16-37-26)29(40-27-15-9-11-17-38-27)30-31(36)34-24-12-6-7-13-25(24)41-30/h6-7,12-13,18-19,26-27,29-30,35H,8-11,14-17,20H2,1-5H3,(H,34,36). The number of fused-ring (bicyclic) bond motifs is 1. The third-order valence-electron chi connectivity index (χ3n) is 8.13. The summed E-state index contributed by atoms with van der Waals surface area (Å²) >= 11 is 1.52. The minimum Gasteiger partial charge on any atom is -0.507 e. The van der Waals surface area contributed by atoms with Crippen molar-refractivity contribution in [2.45, 2.75) is 113 Å². The van der Waals surface area contributed by atoms with Crippen LogP contribution >= 0.6 is 11.8 Å². The molecule has 4 atom stereocenters. The molecule has 0 saturated carbocycles. The lowest BCUT2D eigenvalue weighted by molar-refractivity contribution is -0.190. The Balaban J connectivity index is 1.54. The SMILES string of the molecule is CC(C)(C)c1cc(C(OC2CCCCO2)C2Sc3ccccc3NC2=O)cc(C(C)(C)COC2CCCCO2)c1O. The lowest BCUT2D eigenvalue weighted by atomic mass is 9.77. The molecule has 0 aromatic heterocycles. The Labute approximate surface area is 248 Å². The highest BCUT2D eigenvalue weighted by Gasteiger charge is 2.40. The van der Waals surface area contributed by atoms with Gasteiger partial charge in [0.15, 0.2) is 12.6 Å². The number of hydrogen-bond donors (Lipinski definition) is 2. The van der Waals surface area contributed by atoms with E-state index in [0.717, 1.165) is 65.8 Å². The van der Waals surface area contributed by atoms with Crippen molar-refractivity contribution in [2.24, 2.45) is 0 Å². The maximum Gasteiger partial charge on any atom is 0.240 e. The van der Waals surface area contributed by atoms with Crippen LogP contribution in [0.25, 0.3) is 0 Å². The summed E-state index contributed by atoms with van der Waals surface area (Å²) < 4.78 is 24.7. The molecule has 3 heterocycles. The van der Waals surface area contributed by atoms with E-state index >= 15 is 0 Å². The third kappa shape index (κ3) is 7.11. The fourth-order valence-electron chi connectivity index (χ4n) is 5.70. The van der Waals surface area contributed by atoms with Crippen molar-refractivity contribution in [3.63, 3.8) is 0 Å². The van der Waals surface area contributed by atoms with Gasteiger partial charge in [-0.25, -0.2) is 0 Å². The monoisotopic (exact) mass is 583 g/mol. The number of phenols is 1. The van der Waals surface area contributed by atoms with Gasteiger partial charge in [-0.05, 0) is 79.3 Å². The van der Waals surface area contributed by atoms with E-state index < -0.39 is 23.1 Å². The Hall–Kier alpha value is -2.10. The Morgan fingerprint density at radius 1 is 0.976 bits per heavy atom. The molecule has 224 valence electrons. The number of benzene rings is 2. The molecule has 0 bridgehead atoms. The highest BCUT2D eigenvalue weighted by molar-refractivity contribution is 8.01. The minimum absolute atomic E-state index is 0.0986. The predicted molar refractivity (Wildman–Crippen MR) is 162 cm³/mol. The van der Waals surface area contributed by atoms with Gasteiger partial charge in [0.1, 0.15) is 17.1 Å². The number of hydrogen-bond acceptors (Lipinski definition) is 7. The zero-order valence-electron chi connectivity index (χ0n) is 25.0. The first kappa shape index (κ1) is 30.4. The summed E-state index contributed by atoms with van der Waals surface area (Å²) in [5.41, 5.74) is 2.38. The first-order valence-corrected chi connectivity index (χ1v) is 15.9. The van der Waals surface area contributed by atoms with Crippen LogP contribution < -0.4 is 5.32 Å². The van der Waals surface area contributed by atoms with E-state index in [1.807, 2.05) is 36.4 Å². The molecule has 1 amide bonds. The van der Waals surface area contributed by atoms with Crippen LogP contribution in [0, 0.1) is 0 Å². The Bertz CT molecular complexity index is 1210. The Morgan fingerprint density at radius 3 is 2.29 bits per heavy atom. The van der Waals surface area contributed by atoms with Crippen molar-refractivity contribution in [3.8, 4) is 5.75 Å². The van der Waals surface area contributed by atoms with Crippen LogP contribution in [0.15, 0.2) is 41.3 Å². The molecular formula is C33H45NO6S.